The number of aromatic nitrogens is 4. The summed E-state index contributed by atoms with van der Waals surface area (Å²) in [5.41, 5.74) is 5.26. The molecule has 0 amide bonds. The Labute approximate surface area is 153 Å². The topological polar surface area (TPSA) is 60.8 Å². The molecular weight excluding hydrogens is 336 g/mol. The maximum Gasteiger partial charge on any atom is 0.214 e. The van der Waals surface area contributed by atoms with Crippen molar-refractivity contribution in [3.63, 3.8) is 0 Å². The molecule has 4 rings (SSSR count). The van der Waals surface area contributed by atoms with Crippen molar-refractivity contribution in [1.29, 1.82) is 0 Å². The molecule has 0 N–H and O–H groups in total. The van der Waals surface area contributed by atoms with Crippen LogP contribution in [0.2, 0.25) is 0 Å². The van der Waals surface area contributed by atoms with E-state index in [0.29, 0.717) is 12.5 Å². The summed E-state index contributed by atoms with van der Waals surface area (Å²) in [6.45, 7) is 0.409. The van der Waals surface area contributed by atoms with E-state index in [4.69, 9.17) is 9.72 Å². The molecule has 6 heteroatoms. The Balaban J connectivity index is 0.00000182. The number of pyridine rings is 2. The van der Waals surface area contributed by atoms with Gasteiger partial charge in [-0.05, 0) is 43.4 Å². The van der Waals surface area contributed by atoms with Gasteiger partial charge in [-0.1, -0.05) is 6.07 Å². The molecule has 3 aromatic rings. The highest BCUT2D eigenvalue weighted by molar-refractivity contribution is 5.85. The molecule has 0 aromatic carbocycles. The molecule has 0 fully saturated rings. The Bertz CT molecular complexity index is 828. The Hall–Kier alpha value is -2.53. The fraction of sp³-hybridized carbons (Fsp3) is 0.263. The van der Waals surface area contributed by atoms with Crippen LogP contribution in [0.25, 0.3) is 11.3 Å². The van der Waals surface area contributed by atoms with E-state index < -0.39 is 0 Å². The van der Waals surface area contributed by atoms with E-state index in [2.05, 4.69) is 15.0 Å². The number of ether oxygens (including phenoxy) is 1. The van der Waals surface area contributed by atoms with Gasteiger partial charge >= 0.3 is 0 Å². The number of halogens is 1. The number of hydrogen-bond acceptors (Lipinski definition) is 5. The molecule has 0 aliphatic heterocycles. The molecule has 0 saturated heterocycles. The molecule has 1 aliphatic carbocycles. The van der Waals surface area contributed by atoms with Gasteiger partial charge in [0, 0.05) is 35.9 Å². The molecule has 0 radical (unpaired) electrons. The second-order valence-corrected chi connectivity index (χ2v) is 5.84. The van der Waals surface area contributed by atoms with Crippen LogP contribution >= 0.6 is 12.4 Å². The lowest BCUT2D eigenvalue weighted by atomic mass is 9.91. The van der Waals surface area contributed by atoms with E-state index >= 15 is 0 Å². The van der Waals surface area contributed by atoms with Crippen LogP contribution in [0.4, 0.5) is 0 Å². The SMILES string of the molecule is Cl.c1ccc(COc2cc(-c3cnccn3)c3c(n2)CCCC3)nc1. The van der Waals surface area contributed by atoms with Crippen LogP contribution in [0.3, 0.4) is 0 Å². The summed E-state index contributed by atoms with van der Waals surface area (Å²) >= 11 is 0. The molecule has 128 valence electrons. The molecule has 0 bridgehead atoms. The number of aryl methyl sites for hydroxylation is 1. The average Bonchev–Trinajstić information content (AvgIpc) is 2.67. The van der Waals surface area contributed by atoms with Crippen LogP contribution in [0.15, 0.2) is 49.1 Å². The van der Waals surface area contributed by atoms with Gasteiger partial charge < -0.3 is 4.74 Å². The molecule has 25 heavy (non-hydrogen) atoms. The minimum absolute atomic E-state index is 0. The first-order valence-corrected chi connectivity index (χ1v) is 8.22. The Morgan fingerprint density at radius 3 is 2.72 bits per heavy atom. The van der Waals surface area contributed by atoms with Gasteiger partial charge in [-0.15, -0.1) is 12.4 Å². The average molecular weight is 355 g/mol. The van der Waals surface area contributed by atoms with Crippen LogP contribution in [-0.2, 0) is 19.4 Å². The predicted octanol–water partition coefficient (Wildman–Crippen LogP) is 3.81. The molecule has 1 aliphatic rings. The van der Waals surface area contributed by atoms with Crippen molar-refractivity contribution < 1.29 is 4.74 Å². The van der Waals surface area contributed by atoms with Gasteiger partial charge in [-0.25, -0.2) is 4.98 Å². The summed E-state index contributed by atoms with van der Waals surface area (Å²) < 4.78 is 5.90. The van der Waals surface area contributed by atoms with E-state index in [9.17, 15) is 0 Å². The van der Waals surface area contributed by atoms with Crippen molar-refractivity contribution in [2.75, 3.05) is 0 Å². The van der Waals surface area contributed by atoms with Gasteiger partial charge in [0.15, 0.2) is 0 Å². The van der Waals surface area contributed by atoms with E-state index in [1.807, 2.05) is 24.3 Å². The zero-order chi connectivity index (χ0) is 16.2. The summed E-state index contributed by atoms with van der Waals surface area (Å²) in [6, 6.07) is 7.78. The first-order chi connectivity index (χ1) is 11.9. The largest absolute Gasteiger partial charge is 0.471 e. The fourth-order valence-electron chi connectivity index (χ4n) is 3.05. The van der Waals surface area contributed by atoms with Crippen LogP contribution in [0.1, 0.15) is 29.8 Å². The van der Waals surface area contributed by atoms with Gasteiger partial charge in [0.2, 0.25) is 5.88 Å². The molecule has 0 spiro atoms. The quantitative estimate of drug-likeness (QED) is 0.713. The van der Waals surface area contributed by atoms with Crippen LogP contribution in [0.5, 0.6) is 5.88 Å². The Morgan fingerprint density at radius 1 is 1.00 bits per heavy atom. The second-order valence-electron chi connectivity index (χ2n) is 5.84. The molecule has 0 unspecified atom stereocenters. The van der Waals surface area contributed by atoms with Crippen molar-refractivity contribution in [3.05, 3.63) is 66.0 Å². The van der Waals surface area contributed by atoms with Crippen LogP contribution in [0, 0.1) is 0 Å². The van der Waals surface area contributed by atoms with Crippen LogP contribution < -0.4 is 4.74 Å². The van der Waals surface area contributed by atoms with Crippen molar-refractivity contribution in [3.8, 4) is 17.1 Å². The molecule has 3 aromatic heterocycles. The zero-order valence-electron chi connectivity index (χ0n) is 13.8. The first-order valence-electron chi connectivity index (χ1n) is 8.22. The smallest absolute Gasteiger partial charge is 0.214 e. The third-order valence-corrected chi connectivity index (χ3v) is 4.21. The molecule has 0 saturated carbocycles. The van der Waals surface area contributed by atoms with Gasteiger partial charge in [0.1, 0.15) is 6.61 Å². The number of hydrogen-bond donors (Lipinski definition) is 0. The zero-order valence-corrected chi connectivity index (χ0v) is 14.6. The van der Waals surface area contributed by atoms with Crippen molar-refractivity contribution in [2.24, 2.45) is 0 Å². The van der Waals surface area contributed by atoms with Crippen molar-refractivity contribution >= 4 is 12.4 Å². The third-order valence-electron chi connectivity index (χ3n) is 4.21. The predicted molar refractivity (Wildman–Crippen MR) is 97.7 cm³/mol. The highest BCUT2D eigenvalue weighted by Gasteiger charge is 2.18. The van der Waals surface area contributed by atoms with Gasteiger partial charge in [0.05, 0.1) is 17.6 Å². The van der Waals surface area contributed by atoms with Gasteiger partial charge in [-0.2, -0.15) is 0 Å². The Morgan fingerprint density at radius 2 is 1.92 bits per heavy atom. The number of fused-ring (bicyclic) bond motifs is 1. The first kappa shape index (κ1) is 17.3. The highest BCUT2D eigenvalue weighted by atomic mass is 35.5. The second kappa shape index (κ2) is 8.03. The normalized spacial score (nSPS) is 12.8. The van der Waals surface area contributed by atoms with E-state index in [1.54, 1.807) is 24.8 Å². The molecular formula is C19H19ClN4O. The highest BCUT2D eigenvalue weighted by Crippen LogP contribution is 2.32. The molecule has 3 heterocycles. The third kappa shape index (κ3) is 3.94. The summed E-state index contributed by atoms with van der Waals surface area (Å²) in [7, 11) is 0. The Kier molecular flexibility index (Phi) is 5.56. The maximum absolute atomic E-state index is 5.90. The summed E-state index contributed by atoms with van der Waals surface area (Å²) in [6.07, 6.45) is 11.4. The summed E-state index contributed by atoms with van der Waals surface area (Å²) in [4.78, 5) is 17.7. The maximum atomic E-state index is 5.90. The lowest BCUT2D eigenvalue weighted by Gasteiger charge is -2.19. The molecule has 0 atom stereocenters. The van der Waals surface area contributed by atoms with Crippen molar-refractivity contribution in [1.82, 2.24) is 19.9 Å². The minimum Gasteiger partial charge on any atom is -0.471 e. The molecule has 5 nitrogen and oxygen atoms in total. The van der Waals surface area contributed by atoms with Gasteiger partial charge in [-0.3, -0.25) is 15.0 Å². The lowest BCUT2D eigenvalue weighted by Crippen LogP contribution is -2.10. The van der Waals surface area contributed by atoms with Crippen LogP contribution in [-0.4, -0.2) is 19.9 Å². The van der Waals surface area contributed by atoms with Crippen molar-refractivity contribution in [2.45, 2.75) is 32.3 Å². The van der Waals surface area contributed by atoms with Gasteiger partial charge in [0.25, 0.3) is 0 Å². The summed E-state index contributed by atoms with van der Waals surface area (Å²) in [5.74, 6) is 0.627. The fourth-order valence-corrected chi connectivity index (χ4v) is 3.05. The monoisotopic (exact) mass is 354 g/mol. The van der Waals surface area contributed by atoms with E-state index in [0.717, 1.165) is 35.5 Å². The minimum atomic E-state index is 0. The standard InChI is InChI=1S/C19H18N4O.ClH/c1-2-7-17-15(6-1)16(18-12-20-9-10-22-18)11-19(23-17)24-13-14-5-3-4-8-21-14;/h3-5,8-12H,1-2,6-7,13H2;1H. The van der Waals surface area contributed by atoms with E-state index in [1.165, 1.54) is 18.4 Å². The number of nitrogens with zero attached hydrogens (tertiary/aromatic N) is 4. The number of rotatable bonds is 4. The lowest BCUT2D eigenvalue weighted by molar-refractivity contribution is 0.288. The summed E-state index contributed by atoms with van der Waals surface area (Å²) in [5, 5.41) is 0. The van der Waals surface area contributed by atoms with E-state index in [-0.39, 0.29) is 12.4 Å².